The number of carbonyl (C=O) groups is 2. The molecule has 0 radical (unpaired) electrons. The molecule has 0 aliphatic carbocycles. The number of carboxylic acid groups (broad SMARTS) is 1. The summed E-state index contributed by atoms with van der Waals surface area (Å²) in [5, 5.41) is 26.1. The van der Waals surface area contributed by atoms with Crippen molar-refractivity contribution in [2.24, 2.45) is 0 Å². The monoisotopic (exact) mass is 557 g/mol. The normalized spacial score (nSPS) is 17.8. The number of carbonyl (C=O) groups excluding carboxylic acids is 1. The third-order valence-corrected chi connectivity index (χ3v) is 8.14. The van der Waals surface area contributed by atoms with Gasteiger partial charge in [-0.05, 0) is 42.5 Å². The Bertz CT molecular complexity index is 1230. The largest absolute Gasteiger partial charge is 0.465 e. The van der Waals surface area contributed by atoms with Gasteiger partial charge in [0, 0.05) is 12.2 Å². The van der Waals surface area contributed by atoms with Crippen molar-refractivity contribution in [2.75, 3.05) is 4.90 Å². The molecule has 3 aromatic carbocycles. The van der Waals surface area contributed by atoms with E-state index in [9.17, 15) is 19.8 Å². The molecule has 41 heavy (non-hydrogen) atoms. The van der Waals surface area contributed by atoms with Crippen molar-refractivity contribution in [1.82, 2.24) is 10.2 Å². The standard InChI is InChI=1S/C34H43N3O4/c1-3-5-22-34(23-6-4-2)35-30(32(39)36(34)25-27-18-12-8-13-19-27)31(38)29(24-26-16-10-7-11-17-26)37(33(40)41)28-20-14-9-15-21-28/h7-21,29-31,35,38H,3-6,22-25H2,1-2H3,(H,40,41)/t29-,30-,31+/m0/s1. The Morgan fingerprint density at radius 3 is 1.90 bits per heavy atom. The molecule has 1 aliphatic heterocycles. The van der Waals surface area contributed by atoms with Gasteiger partial charge in [0.2, 0.25) is 5.91 Å². The Kier molecular flexibility index (Phi) is 10.6. The van der Waals surface area contributed by atoms with Crippen LogP contribution in [0, 0.1) is 0 Å². The van der Waals surface area contributed by atoms with E-state index in [4.69, 9.17) is 0 Å². The second-order valence-corrected chi connectivity index (χ2v) is 11.0. The highest BCUT2D eigenvalue weighted by atomic mass is 16.4. The smallest absolute Gasteiger partial charge is 0.412 e. The second-order valence-electron chi connectivity index (χ2n) is 11.0. The van der Waals surface area contributed by atoms with Crippen LogP contribution in [0.3, 0.4) is 0 Å². The molecule has 0 aromatic heterocycles. The highest BCUT2D eigenvalue weighted by molar-refractivity contribution is 5.89. The molecule has 1 aliphatic rings. The summed E-state index contributed by atoms with van der Waals surface area (Å²) in [6.45, 7) is 4.70. The summed E-state index contributed by atoms with van der Waals surface area (Å²) >= 11 is 0. The number of nitrogens with one attached hydrogen (secondary N) is 1. The fourth-order valence-electron chi connectivity index (χ4n) is 5.99. The Hall–Kier alpha value is -3.68. The number of unbranched alkanes of at least 4 members (excludes halogenated alkanes) is 2. The van der Waals surface area contributed by atoms with Gasteiger partial charge in [0.25, 0.3) is 0 Å². The van der Waals surface area contributed by atoms with E-state index in [2.05, 4.69) is 19.2 Å². The number of hydrogen-bond acceptors (Lipinski definition) is 4. The first-order chi connectivity index (χ1) is 19.9. The summed E-state index contributed by atoms with van der Waals surface area (Å²) in [5.41, 5.74) is 1.73. The first-order valence-corrected chi connectivity index (χ1v) is 14.8. The predicted molar refractivity (Wildman–Crippen MR) is 163 cm³/mol. The molecule has 0 unspecified atom stereocenters. The molecule has 218 valence electrons. The highest BCUT2D eigenvalue weighted by Gasteiger charge is 2.53. The average molecular weight is 558 g/mol. The van der Waals surface area contributed by atoms with Gasteiger partial charge < -0.3 is 15.1 Å². The topological polar surface area (TPSA) is 93.1 Å². The number of benzene rings is 3. The second kappa shape index (κ2) is 14.3. The number of nitrogens with zero attached hydrogens (tertiary/aromatic N) is 2. The predicted octanol–water partition coefficient (Wildman–Crippen LogP) is 6.22. The van der Waals surface area contributed by atoms with E-state index in [1.54, 1.807) is 24.3 Å². The molecule has 4 rings (SSSR count). The molecule has 7 nitrogen and oxygen atoms in total. The van der Waals surface area contributed by atoms with Crippen LogP contribution in [-0.4, -0.2) is 51.0 Å². The molecule has 3 atom stereocenters. The van der Waals surface area contributed by atoms with Gasteiger partial charge in [-0.25, -0.2) is 4.79 Å². The highest BCUT2D eigenvalue weighted by Crippen LogP contribution is 2.36. The summed E-state index contributed by atoms with van der Waals surface area (Å²) < 4.78 is 0. The first kappa shape index (κ1) is 30.3. The lowest BCUT2D eigenvalue weighted by atomic mass is 9.93. The molecule has 0 spiro atoms. The summed E-state index contributed by atoms with van der Waals surface area (Å²) in [5.74, 6) is -0.190. The molecular formula is C34H43N3O4. The minimum atomic E-state index is -1.29. The third-order valence-electron chi connectivity index (χ3n) is 8.14. The molecule has 1 heterocycles. The van der Waals surface area contributed by atoms with Gasteiger partial charge in [0.15, 0.2) is 0 Å². The van der Waals surface area contributed by atoms with Crippen molar-refractivity contribution in [3.8, 4) is 0 Å². The molecule has 1 fully saturated rings. The van der Waals surface area contributed by atoms with Gasteiger partial charge >= 0.3 is 6.09 Å². The maximum atomic E-state index is 14.3. The lowest BCUT2D eigenvalue weighted by molar-refractivity contribution is -0.135. The van der Waals surface area contributed by atoms with Crippen LogP contribution in [0.5, 0.6) is 0 Å². The van der Waals surface area contributed by atoms with Crippen LogP contribution in [-0.2, 0) is 17.8 Å². The van der Waals surface area contributed by atoms with Crippen LogP contribution < -0.4 is 10.2 Å². The fourth-order valence-corrected chi connectivity index (χ4v) is 5.99. The van der Waals surface area contributed by atoms with Crippen LogP contribution in [0.2, 0.25) is 0 Å². The third kappa shape index (κ3) is 7.16. The maximum absolute atomic E-state index is 14.3. The van der Waals surface area contributed by atoms with Crippen molar-refractivity contribution < 1.29 is 19.8 Å². The van der Waals surface area contributed by atoms with E-state index in [0.717, 1.165) is 49.7 Å². The summed E-state index contributed by atoms with van der Waals surface area (Å²) in [6.07, 6.45) is 3.12. The Morgan fingerprint density at radius 2 is 1.39 bits per heavy atom. The van der Waals surface area contributed by atoms with Crippen molar-refractivity contribution in [3.63, 3.8) is 0 Å². The van der Waals surface area contributed by atoms with Crippen LogP contribution in [0.4, 0.5) is 10.5 Å². The van der Waals surface area contributed by atoms with Crippen molar-refractivity contribution in [1.29, 1.82) is 0 Å². The van der Waals surface area contributed by atoms with Crippen LogP contribution in [0.25, 0.3) is 0 Å². The minimum absolute atomic E-state index is 0.190. The Labute approximate surface area is 243 Å². The minimum Gasteiger partial charge on any atom is -0.465 e. The van der Waals surface area contributed by atoms with Crippen LogP contribution >= 0.6 is 0 Å². The lowest BCUT2D eigenvalue weighted by Crippen LogP contribution is -2.58. The zero-order valence-electron chi connectivity index (χ0n) is 24.2. The molecule has 0 bridgehead atoms. The number of para-hydroxylation sites is 1. The molecule has 3 N–H and O–H groups in total. The van der Waals surface area contributed by atoms with E-state index in [0.29, 0.717) is 12.2 Å². The van der Waals surface area contributed by atoms with Crippen LogP contribution in [0.15, 0.2) is 91.0 Å². The van der Waals surface area contributed by atoms with Crippen molar-refractivity contribution in [3.05, 3.63) is 102 Å². The average Bonchev–Trinajstić information content (AvgIpc) is 3.26. The van der Waals surface area contributed by atoms with Gasteiger partial charge in [-0.1, -0.05) is 118 Å². The molecule has 2 amide bonds. The van der Waals surface area contributed by atoms with Gasteiger partial charge in [-0.15, -0.1) is 0 Å². The fraction of sp³-hybridized carbons (Fsp3) is 0.412. The summed E-state index contributed by atoms with van der Waals surface area (Å²) in [4.78, 5) is 30.2. The van der Waals surface area contributed by atoms with E-state index in [-0.39, 0.29) is 12.3 Å². The summed E-state index contributed by atoms with van der Waals surface area (Å²) in [7, 11) is 0. The number of aliphatic hydroxyl groups is 1. The first-order valence-electron chi connectivity index (χ1n) is 14.8. The lowest BCUT2D eigenvalue weighted by Gasteiger charge is -2.39. The van der Waals surface area contributed by atoms with Crippen molar-refractivity contribution >= 4 is 17.7 Å². The zero-order chi connectivity index (χ0) is 29.2. The SMILES string of the molecule is CCCCC1(CCCC)N[C@@H]([C@H](O)[C@H](Cc2ccccc2)N(C(=O)O)c2ccccc2)C(=O)N1Cc1ccccc1. The number of aliphatic hydroxyl groups excluding tert-OH is 1. The van der Waals surface area contributed by atoms with Gasteiger partial charge in [0.05, 0.1) is 17.8 Å². The molecule has 1 saturated heterocycles. The number of anilines is 1. The van der Waals surface area contributed by atoms with E-state index in [1.807, 2.05) is 71.6 Å². The Morgan fingerprint density at radius 1 is 0.878 bits per heavy atom. The quantitative estimate of drug-likeness (QED) is 0.219. The summed E-state index contributed by atoms with van der Waals surface area (Å²) in [6, 6.07) is 26.4. The molecule has 0 saturated carbocycles. The number of rotatable bonds is 14. The van der Waals surface area contributed by atoms with Gasteiger partial charge in [-0.2, -0.15) is 0 Å². The van der Waals surface area contributed by atoms with Crippen molar-refractivity contribution in [2.45, 2.75) is 89.2 Å². The zero-order valence-corrected chi connectivity index (χ0v) is 24.2. The molecule has 7 heteroatoms. The van der Waals surface area contributed by atoms with E-state index >= 15 is 0 Å². The Balaban J connectivity index is 1.75. The maximum Gasteiger partial charge on any atom is 0.412 e. The van der Waals surface area contributed by atoms with E-state index < -0.39 is 29.9 Å². The van der Waals surface area contributed by atoms with Gasteiger partial charge in [0.1, 0.15) is 6.04 Å². The van der Waals surface area contributed by atoms with Crippen LogP contribution in [0.1, 0.15) is 63.5 Å². The molecule has 3 aromatic rings. The number of amides is 2. The molecular weight excluding hydrogens is 514 g/mol. The van der Waals surface area contributed by atoms with Gasteiger partial charge in [-0.3, -0.25) is 15.0 Å². The number of hydrogen-bond donors (Lipinski definition) is 3. The van der Waals surface area contributed by atoms with E-state index in [1.165, 1.54) is 4.90 Å².